The number of aliphatic hydroxyl groups is 1. The lowest BCUT2D eigenvalue weighted by Gasteiger charge is -2.51. The maximum atomic E-state index is 11.9. The van der Waals surface area contributed by atoms with Gasteiger partial charge in [0, 0.05) is 45.8 Å². The predicted octanol–water partition coefficient (Wildman–Crippen LogP) is 2.96. The fourth-order valence-corrected chi connectivity index (χ4v) is 5.04. The smallest absolute Gasteiger partial charge is 0.108 e. The summed E-state index contributed by atoms with van der Waals surface area (Å²) in [5.74, 6) is 0. The second-order valence-electron chi connectivity index (χ2n) is 8.75. The van der Waals surface area contributed by atoms with Gasteiger partial charge in [0.25, 0.3) is 0 Å². The van der Waals surface area contributed by atoms with E-state index in [0.717, 1.165) is 64.2 Å². The molecule has 156 valence electrons. The van der Waals surface area contributed by atoms with Gasteiger partial charge in [0.1, 0.15) is 5.60 Å². The quantitative estimate of drug-likeness (QED) is 0.846. The van der Waals surface area contributed by atoms with E-state index >= 15 is 0 Å². The van der Waals surface area contributed by atoms with Crippen LogP contribution < -0.4 is 0 Å². The van der Waals surface area contributed by atoms with Gasteiger partial charge in [0.2, 0.25) is 0 Å². The van der Waals surface area contributed by atoms with Crippen LogP contribution in [0.4, 0.5) is 0 Å². The third kappa shape index (κ3) is 4.41. The molecule has 0 aromatic heterocycles. The highest BCUT2D eigenvalue weighted by atomic mass is 16.3. The van der Waals surface area contributed by atoms with Gasteiger partial charge in [-0.25, -0.2) is 0 Å². The van der Waals surface area contributed by atoms with Crippen LogP contribution in [0.25, 0.3) is 0 Å². The van der Waals surface area contributed by atoms with Crippen molar-refractivity contribution in [1.29, 1.82) is 0 Å². The normalized spacial score (nSPS) is 27.2. The first kappa shape index (κ1) is 20.5. The molecule has 4 nitrogen and oxygen atoms in total. The van der Waals surface area contributed by atoms with Crippen molar-refractivity contribution in [2.24, 2.45) is 0 Å². The van der Waals surface area contributed by atoms with Gasteiger partial charge in [-0.3, -0.25) is 9.80 Å². The molecule has 0 bridgehead atoms. The molecular formula is C25H35N3O. The summed E-state index contributed by atoms with van der Waals surface area (Å²) in [4.78, 5) is 7.47. The number of nitrogens with zero attached hydrogens (tertiary/aromatic N) is 3. The molecule has 0 amide bonds. The monoisotopic (exact) mass is 393 g/mol. The summed E-state index contributed by atoms with van der Waals surface area (Å²) >= 11 is 0. The average molecular weight is 394 g/mol. The van der Waals surface area contributed by atoms with Crippen LogP contribution in [0.2, 0.25) is 0 Å². The molecule has 4 heteroatoms. The third-order valence-corrected chi connectivity index (χ3v) is 6.94. The highest BCUT2D eigenvalue weighted by Gasteiger charge is 2.46. The Morgan fingerprint density at radius 2 is 1.55 bits per heavy atom. The third-order valence-electron chi connectivity index (χ3n) is 6.94. The Labute approximate surface area is 175 Å². The van der Waals surface area contributed by atoms with Crippen LogP contribution in [0.15, 0.2) is 54.6 Å². The van der Waals surface area contributed by atoms with E-state index in [1.807, 2.05) is 6.07 Å². The van der Waals surface area contributed by atoms with Crippen molar-refractivity contribution in [3.8, 4) is 0 Å². The standard InChI is InChI=1S/C25H35N3O/c1-3-21-9-7-8-10-22(21)19-27-14-13-25(29,23-11-5-4-6-12-23)24(20-27)28-17-15-26(2)16-18-28/h4-12,24,29H,3,13-20H2,1-2H3/t24-,25+/m1/s1. The van der Waals surface area contributed by atoms with E-state index in [2.05, 4.69) is 77.2 Å². The number of aryl methyl sites for hydroxylation is 1. The summed E-state index contributed by atoms with van der Waals surface area (Å²) < 4.78 is 0. The number of piperazine rings is 1. The highest BCUT2D eigenvalue weighted by molar-refractivity contribution is 5.28. The fourth-order valence-electron chi connectivity index (χ4n) is 5.04. The van der Waals surface area contributed by atoms with Crippen molar-refractivity contribution in [2.75, 3.05) is 46.3 Å². The number of hydrogen-bond donors (Lipinski definition) is 1. The zero-order valence-corrected chi connectivity index (χ0v) is 17.9. The summed E-state index contributed by atoms with van der Waals surface area (Å²) in [6, 6.07) is 19.3. The Balaban J connectivity index is 1.58. The minimum Gasteiger partial charge on any atom is -0.383 e. The Kier molecular flexibility index (Phi) is 6.35. The lowest BCUT2D eigenvalue weighted by molar-refractivity contribution is -0.108. The number of likely N-dealkylation sites (N-methyl/N-ethyl adjacent to an activating group) is 1. The number of benzene rings is 2. The highest BCUT2D eigenvalue weighted by Crippen LogP contribution is 2.37. The van der Waals surface area contributed by atoms with Gasteiger partial charge in [-0.05, 0) is 36.6 Å². The van der Waals surface area contributed by atoms with E-state index in [-0.39, 0.29) is 6.04 Å². The minimum atomic E-state index is -0.780. The molecule has 1 N–H and O–H groups in total. The molecule has 2 aromatic rings. The first-order chi connectivity index (χ1) is 14.1. The zero-order valence-electron chi connectivity index (χ0n) is 17.9. The summed E-state index contributed by atoms with van der Waals surface area (Å²) in [7, 11) is 2.19. The predicted molar refractivity (Wildman–Crippen MR) is 119 cm³/mol. The van der Waals surface area contributed by atoms with Gasteiger partial charge in [-0.2, -0.15) is 0 Å². The van der Waals surface area contributed by atoms with Crippen molar-refractivity contribution in [3.63, 3.8) is 0 Å². The summed E-state index contributed by atoms with van der Waals surface area (Å²) in [6.45, 7) is 9.22. The van der Waals surface area contributed by atoms with Gasteiger partial charge >= 0.3 is 0 Å². The molecule has 0 saturated carbocycles. The Bertz CT molecular complexity index is 788. The molecule has 2 aliphatic heterocycles. The molecule has 0 unspecified atom stereocenters. The van der Waals surface area contributed by atoms with E-state index in [1.165, 1.54) is 11.1 Å². The Morgan fingerprint density at radius 3 is 2.24 bits per heavy atom. The maximum absolute atomic E-state index is 11.9. The van der Waals surface area contributed by atoms with E-state index in [9.17, 15) is 5.11 Å². The minimum absolute atomic E-state index is 0.126. The van der Waals surface area contributed by atoms with Crippen molar-refractivity contribution in [1.82, 2.24) is 14.7 Å². The van der Waals surface area contributed by atoms with Crippen LogP contribution >= 0.6 is 0 Å². The first-order valence-corrected chi connectivity index (χ1v) is 11.1. The van der Waals surface area contributed by atoms with Crippen molar-refractivity contribution in [2.45, 2.75) is 38.0 Å². The zero-order chi connectivity index (χ0) is 20.3. The molecule has 2 saturated heterocycles. The van der Waals surface area contributed by atoms with E-state index in [4.69, 9.17) is 0 Å². The molecular weight excluding hydrogens is 358 g/mol. The maximum Gasteiger partial charge on any atom is 0.108 e. The van der Waals surface area contributed by atoms with Crippen LogP contribution in [-0.4, -0.2) is 72.2 Å². The van der Waals surface area contributed by atoms with Crippen LogP contribution in [0.1, 0.15) is 30.0 Å². The number of likely N-dealkylation sites (tertiary alicyclic amines) is 1. The summed E-state index contributed by atoms with van der Waals surface area (Å²) in [5.41, 5.74) is 3.15. The molecule has 2 fully saturated rings. The first-order valence-electron chi connectivity index (χ1n) is 11.1. The molecule has 4 rings (SSSR count). The van der Waals surface area contributed by atoms with E-state index < -0.39 is 5.60 Å². The van der Waals surface area contributed by atoms with Crippen molar-refractivity contribution < 1.29 is 5.11 Å². The topological polar surface area (TPSA) is 30.0 Å². The Morgan fingerprint density at radius 1 is 0.897 bits per heavy atom. The Hall–Kier alpha value is -1.72. The van der Waals surface area contributed by atoms with Crippen LogP contribution in [0.5, 0.6) is 0 Å². The number of rotatable bonds is 5. The fraction of sp³-hybridized carbons (Fsp3) is 0.520. The number of hydrogen-bond acceptors (Lipinski definition) is 4. The van der Waals surface area contributed by atoms with Crippen molar-refractivity contribution in [3.05, 3.63) is 71.3 Å². The largest absolute Gasteiger partial charge is 0.383 e. The van der Waals surface area contributed by atoms with Gasteiger partial charge in [-0.15, -0.1) is 0 Å². The van der Waals surface area contributed by atoms with E-state index in [1.54, 1.807) is 0 Å². The van der Waals surface area contributed by atoms with Gasteiger partial charge in [0.05, 0.1) is 6.04 Å². The van der Waals surface area contributed by atoms with Gasteiger partial charge in [0.15, 0.2) is 0 Å². The number of piperidine rings is 1. The molecule has 29 heavy (non-hydrogen) atoms. The summed E-state index contributed by atoms with van der Waals surface area (Å²) in [6.07, 6.45) is 1.85. The van der Waals surface area contributed by atoms with Gasteiger partial charge in [-0.1, -0.05) is 61.5 Å². The molecule has 0 radical (unpaired) electrons. The summed E-state index contributed by atoms with van der Waals surface area (Å²) in [5, 5.41) is 11.9. The SMILES string of the molecule is CCc1ccccc1CN1CC[C@](O)(c2ccccc2)[C@H](N2CCN(C)CC2)C1. The molecule has 0 spiro atoms. The molecule has 2 atom stereocenters. The van der Waals surface area contributed by atoms with Crippen LogP contribution in [0.3, 0.4) is 0 Å². The van der Waals surface area contributed by atoms with Crippen LogP contribution in [0, 0.1) is 0 Å². The van der Waals surface area contributed by atoms with Gasteiger partial charge < -0.3 is 10.0 Å². The van der Waals surface area contributed by atoms with Crippen LogP contribution in [-0.2, 0) is 18.6 Å². The van der Waals surface area contributed by atoms with Crippen molar-refractivity contribution >= 4 is 0 Å². The van der Waals surface area contributed by atoms with E-state index in [0.29, 0.717) is 0 Å². The molecule has 2 heterocycles. The molecule has 0 aliphatic carbocycles. The lowest BCUT2D eigenvalue weighted by Crippen LogP contribution is -2.63. The molecule has 2 aliphatic rings. The average Bonchev–Trinajstić information content (AvgIpc) is 2.77. The lowest BCUT2D eigenvalue weighted by atomic mass is 9.79. The molecule has 2 aromatic carbocycles. The second kappa shape index (κ2) is 8.97. The second-order valence-corrected chi connectivity index (χ2v) is 8.75.